The topological polar surface area (TPSA) is 89.9 Å². The van der Waals surface area contributed by atoms with Crippen LogP contribution in [0.5, 0.6) is 0 Å². The minimum Gasteiger partial charge on any atom is -0.381 e. The maximum absolute atomic E-state index is 12.4. The van der Waals surface area contributed by atoms with Crippen molar-refractivity contribution in [2.45, 2.75) is 64.0 Å². The Bertz CT molecular complexity index is 974. The molecule has 0 radical (unpaired) electrons. The summed E-state index contributed by atoms with van der Waals surface area (Å²) >= 11 is 0. The lowest BCUT2D eigenvalue weighted by atomic mass is 9.95. The van der Waals surface area contributed by atoms with Gasteiger partial charge in [-0.1, -0.05) is 25.3 Å². The van der Waals surface area contributed by atoms with Crippen LogP contribution < -0.4 is 16.0 Å². The minimum absolute atomic E-state index is 0.0493. The van der Waals surface area contributed by atoms with Crippen molar-refractivity contribution in [1.82, 2.24) is 10.3 Å². The summed E-state index contributed by atoms with van der Waals surface area (Å²) < 4.78 is 0. The Kier molecular flexibility index (Phi) is 6.65. The molecule has 1 aromatic heterocycles. The van der Waals surface area contributed by atoms with Crippen molar-refractivity contribution in [2.75, 3.05) is 10.6 Å². The third-order valence-electron chi connectivity index (χ3n) is 5.99. The van der Waals surface area contributed by atoms with E-state index in [4.69, 9.17) is 5.41 Å². The number of carbonyl (C=O) groups is 1. The van der Waals surface area contributed by atoms with Gasteiger partial charge in [-0.15, -0.1) is 0 Å². The maximum Gasteiger partial charge on any atom is 0.251 e. The molecule has 1 aromatic carbocycles. The van der Waals surface area contributed by atoms with Gasteiger partial charge in [0.25, 0.3) is 5.91 Å². The number of benzene rings is 1. The van der Waals surface area contributed by atoms with Crippen molar-refractivity contribution in [1.29, 1.82) is 5.41 Å². The molecular formula is C25H31N5O. The van der Waals surface area contributed by atoms with Gasteiger partial charge < -0.3 is 21.4 Å². The molecule has 2 saturated carbocycles. The van der Waals surface area contributed by atoms with E-state index in [-0.39, 0.29) is 5.91 Å². The molecule has 0 saturated heterocycles. The summed E-state index contributed by atoms with van der Waals surface area (Å²) in [6, 6.07) is 8.53. The summed E-state index contributed by atoms with van der Waals surface area (Å²) in [7, 11) is 0. The second kappa shape index (κ2) is 9.77. The van der Waals surface area contributed by atoms with E-state index in [9.17, 15) is 4.79 Å². The predicted octanol–water partition coefficient (Wildman–Crippen LogP) is 5.13. The third-order valence-corrected chi connectivity index (χ3v) is 5.99. The van der Waals surface area contributed by atoms with Crippen LogP contribution in [0.25, 0.3) is 5.57 Å². The first-order valence-electron chi connectivity index (χ1n) is 11.2. The van der Waals surface area contributed by atoms with E-state index in [2.05, 4.69) is 20.9 Å². The lowest BCUT2D eigenvalue weighted by Gasteiger charge is -2.23. The van der Waals surface area contributed by atoms with Gasteiger partial charge in [-0.05, 0) is 61.9 Å². The zero-order valence-electron chi connectivity index (χ0n) is 18.1. The number of nitrogens with zero attached hydrogens (tertiary/aromatic N) is 1. The lowest BCUT2D eigenvalue weighted by molar-refractivity contribution is 0.0951. The van der Waals surface area contributed by atoms with Gasteiger partial charge in [0.1, 0.15) is 0 Å². The van der Waals surface area contributed by atoms with Crippen molar-refractivity contribution < 1.29 is 4.79 Å². The van der Waals surface area contributed by atoms with E-state index < -0.39 is 0 Å². The Labute approximate surface area is 184 Å². The summed E-state index contributed by atoms with van der Waals surface area (Å²) in [4.78, 5) is 16.8. The smallest absolute Gasteiger partial charge is 0.251 e. The maximum atomic E-state index is 12.4. The van der Waals surface area contributed by atoms with Crippen LogP contribution in [0.3, 0.4) is 0 Å². The van der Waals surface area contributed by atoms with Gasteiger partial charge >= 0.3 is 0 Å². The number of anilines is 2. The molecule has 2 aliphatic carbocycles. The monoisotopic (exact) mass is 417 g/mol. The summed E-state index contributed by atoms with van der Waals surface area (Å²) in [5.74, 6) is -0.0493. The van der Waals surface area contributed by atoms with Crippen molar-refractivity contribution in [2.24, 2.45) is 0 Å². The number of aryl methyl sites for hydroxylation is 1. The van der Waals surface area contributed by atoms with Crippen LogP contribution >= 0.6 is 0 Å². The number of rotatable bonds is 8. The van der Waals surface area contributed by atoms with E-state index in [1.54, 1.807) is 12.4 Å². The molecule has 162 valence electrons. The van der Waals surface area contributed by atoms with Gasteiger partial charge in [0.05, 0.1) is 23.8 Å². The highest BCUT2D eigenvalue weighted by Gasteiger charge is 2.24. The van der Waals surface area contributed by atoms with Crippen LogP contribution in [-0.2, 0) is 0 Å². The fourth-order valence-corrected chi connectivity index (χ4v) is 4.01. The number of nitrogens with one attached hydrogen (secondary N) is 4. The van der Waals surface area contributed by atoms with E-state index in [1.807, 2.05) is 37.4 Å². The third kappa shape index (κ3) is 5.72. The Morgan fingerprint density at radius 2 is 1.81 bits per heavy atom. The Hall–Kier alpha value is -3.15. The summed E-state index contributed by atoms with van der Waals surface area (Å²) in [5, 5.41) is 17.8. The highest BCUT2D eigenvalue weighted by Crippen LogP contribution is 2.24. The summed E-state index contributed by atoms with van der Waals surface area (Å²) in [5.41, 5.74) is 5.10. The van der Waals surface area contributed by atoms with Gasteiger partial charge in [0.2, 0.25) is 0 Å². The number of hydrogen-bond donors (Lipinski definition) is 4. The normalized spacial score (nSPS) is 17.1. The molecule has 1 amide bonds. The second-order valence-corrected chi connectivity index (χ2v) is 8.61. The molecule has 4 N–H and O–H groups in total. The average molecular weight is 418 g/mol. The number of allylic oxidation sites excluding steroid dienone is 1. The SMILES string of the molecule is Cc1ccc(C(=O)NC2CC2)cc1/C(C=N)=C/Nc1cncc(NC2CCCCC2)c1. The average Bonchev–Trinajstić information content (AvgIpc) is 3.60. The van der Waals surface area contributed by atoms with Crippen molar-refractivity contribution >= 4 is 29.1 Å². The minimum atomic E-state index is -0.0493. The van der Waals surface area contributed by atoms with Gasteiger partial charge in [-0.2, -0.15) is 0 Å². The molecule has 2 aromatic rings. The Balaban J connectivity index is 1.47. The fourth-order valence-electron chi connectivity index (χ4n) is 4.01. The lowest BCUT2D eigenvalue weighted by Crippen LogP contribution is -2.25. The molecule has 31 heavy (non-hydrogen) atoms. The van der Waals surface area contributed by atoms with Crippen LogP contribution in [0.2, 0.25) is 0 Å². The second-order valence-electron chi connectivity index (χ2n) is 8.61. The highest BCUT2D eigenvalue weighted by atomic mass is 16.1. The Morgan fingerprint density at radius 1 is 1.03 bits per heavy atom. The van der Waals surface area contributed by atoms with Crippen LogP contribution in [0.15, 0.2) is 42.9 Å². The van der Waals surface area contributed by atoms with Gasteiger partial charge in [0, 0.05) is 35.6 Å². The molecule has 4 rings (SSSR count). The molecule has 1 heterocycles. The number of aromatic nitrogens is 1. The summed E-state index contributed by atoms with van der Waals surface area (Å²) in [6.07, 6.45) is 15.2. The molecule has 0 aliphatic heterocycles. The van der Waals surface area contributed by atoms with E-state index in [0.29, 0.717) is 23.2 Å². The van der Waals surface area contributed by atoms with Crippen LogP contribution in [0, 0.1) is 12.3 Å². The Morgan fingerprint density at radius 3 is 2.55 bits per heavy atom. The number of pyridine rings is 1. The van der Waals surface area contributed by atoms with Gasteiger partial charge in [-0.3, -0.25) is 9.78 Å². The van der Waals surface area contributed by atoms with Crippen LogP contribution in [-0.4, -0.2) is 29.2 Å². The van der Waals surface area contributed by atoms with Crippen molar-refractivity contribution in [3.8, 4) is 0 Å². The largest absolute Gasteiger partial charge is 0.381 e. The molecule has 2 fully saturated rings. The van der Waals surface area contributed by atoms with Gasteiger partial charge in [0.15, 0.2) is 0 Å². The van der Waals surface area contributed by atoms with Crippen molar-refractivity contribution in [3.63, 3.8) is 0 Å². The predicted molar refractivity (Wildman–Crippen MR) is 127 cm³/mol. The standard InChI is InChI=1S/C25H31N5O/c1-17-7-8-18(25(31)30-21-9-10-21)11-24(17)19(13-26)14-28-22-12-23(16-27-15-22)29-20-5-3-2-4-6-20/h7-8,11-16,20-21,26,28-29H,2-6,9-10H2,1H3,(H,30,31)/b19-14+,26-13?. The van der Waals surface area contributed by atoms with E-state index >= 15 is 0 Å². The zero-order chi connectivity index (χ0) is 21.6. The zero-order valence-corrected chi connectivity index (χ0v) is 18.1. The molecule has 0 unspecified atom stereocenters. The molecule has 6 heteroatoms. The summed E-state index contributed by atoms with van der Waals surface area (Å²) in [6.45, 7) is 1.99. The van der Waals surface area contributed by atoms with Crippen LogP contribution in [0.4, 0.5) is 11.4 Å². The van der Waals surface area contributed by atoms with E-state index in [0.717, 1.165) is 35.3 Å². The number of amides is 1. The fraction of sp³-hybridized carbons (Fsp3) is 0.400. The molecule has 0 bridgehead atoms. The molecule has 0 atom stereocenters. The first kappa shape index (κ1) is 21.1. The molecule has 2 aliphatic rings. The number of hydrogen-bond acceptors (Lipinski definition) is 5. The molecule has 0 spiro atoms. The number of carbonyl (C=O) groups excluding carboxylic acids is 1. The van der Waals surface area contributed by atoms with E-state index in [1.165, 1.54) is 38.3 Å². The van der Waals surface area contributed by atoms with Crippen molar-refractivity contribution in [3.05, 3.63) is 59.5 Å². The van der Waals surface area contributed by atoms with Gasteiger partial charge in [-0.25, -0.2) is 0 Å². The molecular weight excluding hydrogens is 386 g/mol. The highest BCUT2D eigenvalue weighted by molar-refractivity contribution is 6.10. The first-order chi connectivity index (χ1) is 15.1. The quantitative estimate of drug-likeness (QED) is 0.448. The van der Waals surface area contributed by atoms with Crippen LogP contribution in [0.1, 0.15) is 66.4 Å². The first-order valence-corrected chi connectivity index (χ1v) is 11.2. The molecule has 6 nitrogen and oxygen atoms in total.